The van der Waals surface area contributed by atoms with Crippen LogP contribution < -0.4 is 10.6 Å². The Morgan fingerprint density at radius 2 is 1.92 bits per heavy atom. The van der Waals surface area contributed by atoms with E-state index in [1.165, 1.54) is 6.42 Å². The van der Waals surface area contributed by atoms with Gasteiger partial charge in [-0.25, -0.2) is 0 Å². The first-order valence-corrected chi connectivity index (χ1v) is 8.75. The molecule has 1 fully saturated rings. The second-order valence-electron chi connectivity index (χ2n) is 6.43. The van der Waals surface area contributed by atoms with Crippen molar-refractivity contribution in [2.75, 3.05) is 6.61 Å². The van der Waals surface area contributed by atoms with Gasteiger partial charge in [-0.1, -0.05) is 37.5 Å². The SMILES string of the molecule is O=C(N[C@@H](CO)C(=O)NC1CCCCC1)c1ccnc2ccccc12. The van der Waals surface area contributed by atoms with E-state index in [0.717, 1.165) is 25.7 Å². The molecule has 1 aliphatic carbocycles. The zero-order valence-electron chi connectivity index (χ0n) is 14.1. The number of carbonyl (C=O) groups excluding carboxylic acids is 2. The number of aromatic nitrogens is 1. The molecule has 2 aromatic rings. The average Bonchev–Trinajstić information content (AvgIpc) is 2.66. The van der Waals surface area contributed by atoms with Crippen molar-refractivity contribution >= 4 is 22.7 Å². The number of amides is 2. The van der Waals surface area contributed by atoms with Gasteiger partial charge in [0.05, 0.1) is 17.7 Å². The van der Waals surface area contributed by atoms with Crippen LogP contribution in [0.25, 0.3) is 10.9 Å². The molecule has 0 saturated heterocycles. The topological polar surface area (TPSA) is 91.3 Å². The summed E-state index contributed by atoms with van der Waals surface area (Å²) in [6.07, 6.45) is 6.86. The highest BCUT2D eigenvalue weighted by Gasteiger charge is 2.24. The third-order valence-corrected chi connectivity index (χ3v) is 4.65. The van der Waals surface area contributed by atoms with Crippen molar-refractivity contribution in [3.63, 3.8) is 0 Å². The van der Waals surface area contributed by atoms with Crippen LogP contribution in [0.2, 0.25) is 0 Å². The molecule has 132 valence electrons. The van der Waals surface area contributed by atoms with Crippen LogP contribution in [0.1, 0.15) is 42.5 Å². The van der Waals surface area contributed by atoms with E-state index in [1.54, 1.807) is 12.3 Å². The first-order valence-electron chi connectivity index (χ1n) is 8.75. The van der Waals surface area contributed by atoms with Gasteiger partial charge in [0.25, 0.3) is 5.91 Å². The van der Waals surface area contributed by atoms with E-state index in [-0.39, 0.29) is 11.9 Å². The lowest BCUT2D eigenvalue weighted by Gasteiger charge is -2.25. The van der Waals surface area contributed by atoms with Crippen LogP contribution in [0.3, 0.4) is 0 Å². The number of rotatable bonds is 5. The minimum absolute atomic E-state index is 0.133. The molecule has 1 aromatic heterocycles. The Hall–Kier alpha value is -2.47. The van der Waals surface area contributed by atoms with Crippen LogP contribution in [0, 0.1) is 0 Å². The van der Waals surface area contributed by atoms with Gasteiger partial charge >= 0.3 is 0 Å². The van der Waals surface area contributed by atoms with Gasteiger partial charge in [0.15, 0.2) is 0 Å². The predicted octanol–water partition coefficient (Wildman–Crippen LogP) is 1.77. The van der Waals surface area contributed by atoms with Gasteiger partial charge in [-0.2, -0.15) is 0 Å². The fourth-order valence-electron chi connectivity index (χ4n) is 3.27. The van der Waals surface area contributed by atoms with Crippen LogP contribution in [-0.2, 0) is 4.79 Å². The maximum Gasteiger partial charge on any atom is 0.252 e. The Morgan fingerprint density at radius 3 is 2.68 bits per heavy atom. The van der Waals surface area contributed by atoms with E-state index < -0.39 is 18.6 Å². The normalized spacial score (nSPS) is 16.4. The molecule has 6 nitrogen and oxygen atoms in total. The summed E-state index contributed by atoms with van der Waals surface area (Å²) in [4.78, 5) is 29.2. The third-order valence-electron chi connectivity index (χ3n) is 4.65. The number of nitrogens with zero attached hydrogens (tertiary/aromatic N) is 1. The van der Waals surface area contributed by atoms with Crippen LogP contribution in [0.5, 0.6) is 0 Å². The summed E-state index contributed by atoms with van der Waals surface area (Å²) < 4.78 is 0. The van der Waals surface area contributed by atoms with Crippen molar-refractivity contribution in [1.29, 1.82) is 0 Å². The highest BCUT2D eigenvalue weighted by molar-refractivity contribution is 6.07. The number of pyridine rings is 1. The zero-order chi connectivity index (χ0) is 17.6. The molecule has 1 heterocycles. The van der Waals surface area contributed by atoms with E-state index >= 15 is 0 Å². The molecule has 1 aliphatic rings. The molecule has 0 unspecified atom stereocenters. The molecule has 2 amide bonds. The van der Waals surface area contributed by atoms with Gasteiger partial charge in [0, 0.05) is 17.6 Å². The lowest BCUT2D eigenvalue weighted by molar-refractivity contribution is -0.124. The molecule has 1 saturated carbocycles. The molecular formula is C19H23N3O3. The van der Waals surface area contributed by atoms with Crippen molar-refractivity contribution < 1.29 is 14.7 Å². The first kappa shape index (κ1) is 17.4. The van der Waals surface area contributed by atoms with Crippen molar-refractivity contribution in [1.82, 2.24) is 15.6 Å². The predicted molar refractivity (Wildman–Crippen MR) is 95.1 cm³/mol. The number of nitrogens with one attached hydrogen (secondary N) is 2. The second-order valence-corrected chi connectivity index (χ2v) is 6.43. The van der Waals surface area contributed by atoms with E-state index in [9.17, 15) is 14.7 Å². The minimum atomic E-state index is -0.957. The van der Waals surface area contributed by atoms with Crippen molar-refractivity contribution in [3.05, 3.63) is 42.1 Å². The van der Waals surface area contributed by atoms with Crippen molar-refractivity contribution in [2.45, 2.75) is 44.2 Å². The van der Waals surface area contributed by atoms with Crippen LogP contribution in [0.15, 0.2) is 36.5 Å². The molecule has 3 N–H and O–H groups in total. The van der Waals surface area contributed by atoms with Crippen molar-refractivity contribution in [2.24, 2.45) is 0 Å². The van der Waals surface area contributed by atoms with E-state index in [0.29, 0.717) is 16.5 Å². The maximum atomic E-state index is 12.6. The minimum Gasteiger partial charge on any atom is -0.394 e. The monoisotopic (exact) mass is 341 g/mol. The van der Waals surface area contributed by atoms with Gasteiger partial charge < -0.3 is 15.7 Å². The Labute approximate surface area is 146 Å². The van der Waals surface area contributed by atoms with Gasteiger partial charge in [-0.3, -0.25) is 14.6 Å². The van der Waals surface area contributed by atoms with Crippen molar-refractivity contribution in [3.8, 4) is 0 Å². The Morgan fingerprint density at radius 1 is 1.16 bits per heavy atom. The fraction of sp³-hybridized carbons (Fsp3) is 0.421. The lowest BCUT2D eigenvalue weighted by atomic mass is 9.95. The molecule has 0 bridgehead atoms. The second kappa shape index (κ2) is 8.07. The van der Waals surface area contributed by atoms with Gasteiger partial charge in [0.1, 0.15) is 6.04 Å². The lowest BCUT2D eigenvalue weighted by Crippen LogP contribution is -2.51. The molecule has 25 heavy (non-hydrogen) atoms. The third kappa shape index (κ3) is 4.14. The summed E-state index contributed by atoms with van der Waals surface area (Å²) in [5.41, 5.74) is 1.15. The average molecular weight is 341 g/mol. The van der Waals surface area contributed by atoms with Crippen LogP contribution in [0.4, 0.5) is 0 Å². The number of hydrogen-bond acceptors (Lipinski definition) is 4. The highest BCUT2D eigenvalue weighted by Crippen LogP contribution is 2.18. The maximum absolute atomic E-state index is 12.6. The number of carbonyl (C=O) groups is 2. The number of aliphatic hydroxyl groups is 1. The van der Waals surface area contributed by atoms with Gasteiger partial charge in [0.2, 0.25) is 5.91 Å². The van der Waals surface area contributed by atoms with E-state index in [1.807, 2.05) is 24.3 Å². The van der Waals surface area contributed by atoms with E-state index in [4.69, 9.17) is 0 Å². The Balaban J connectivity index is 1.70. The molecule has 6 heteroatoms. The first-order chi connectivity index (χ1) is 12.2. The number of benzene rings is 1. The molecule has 1 aromatic carbocycles. The summed E-state index contributed by atoms with van der Waals surface area (Å²) in [5.74, 6) is -0.724. The smallest absolute Gasteiger partial charge is 0.252 e. The fourth-order valence-corrected chi connectivity index (χ4v) is 3.27. The summed E-state index contributed by atoms with van der Waals surface area (Å²) in [6, 6.07) is 8.12. The zero-order valence-corrected chi connectivity index (χ0v) is 14.1. The van der Waals surface area contributed by atoms with Gasteiger partial charge in [-0.05, 0) is 25.0 Å². The molecule has 3 rings (SSSR count). The number of hydrogen-bond donors (Lipinski definition) is 3. The van der Waals surface area contributed by atoms with Gasteiger partial charge in [-0.15, -0.1) is 0 Å². The highest BCUT2D eigenvalue weighted by atomic mass is 16.3. The molecule has 1 atom stereocenters. The van der Waals surface area contributed by atoms with Crippen LogP contribution in [-0.4, -0.2) is 40.6 Å². The molecule has 0 radical (unpaired) electrons. The largest absolute Gasteiger partial charge is 0.394 e. The number of fused-ring (bicyclic) bond motifs is 1. The summed E-state index contributed by atoms with van der Waals surface area (Å²) in [6.45, 7) is -0.437. The molecular weight excluding hydrogens is 318 g/mol. The summed E-state index contributed by atoms with van der Waals surface area (Å²) in [5, 5.41) is 15.8. The Bertz CT molecular complexity index is 751. The van der Waals surface area contributed by atoms with Crippen LogP contribution >= 0.6 is 0 Å². The summed E-state index contributed by atoms with van der Waals surface area (Å²) >= 11 is 0. The number of aliphatic hydroxyl groups excluding tert-OH is 1. The molecule has 0 spiro atoms. The quantitative estimate of drug-likeness (QED) is 0.773. The summed E-state index contributed by atoms with van der Waals surface area (Å²) in [7, 11) is 0. The molecule has 0 aliphatic heterocycles. The van der Waals surface area contributed by atoms with E-state index in [2.05, 4.69) is 15.6 Å². The number of para-hydroxylation sites is 1. The standard InChI is InChI=1S/C19H23N3O3/c23-12-17(19(25)21-13-6-2-1-3-7-13)22-18(24)15-10-11-20-16-9-5-4-8-14(15)16/h4-5,8-11,13,17,23H,1-3,6-7,12H2,(H,21,25)(H,22,24)/t17-/m0/s1. The Kier molecular flexibility index (Phi) is 5.60.